The van der Waals surface area contributed by atoms with Crippen LogP contribution in [0.4, 0.5) is 0 Å². The van der Waals surface area contributed by atoms with Crippen molar-refractivity contribution in [3.63, 3.8) is 0 Å². The van der Waals surface area contributed by atoms with Crippen molar-refractivity contribution in [2.45, 2.75) is 15.8 Å². The summed E-state index contributed by atoms with van der Waals surface area (Å²) in [6.07, 6.45) is 2.47. The first-order valence-corrected chi connectivity index (χ1v) is 8.69. The standard InChI is InChI=1S/C16H12Cl2N2OS/c17-16(18)8-10(16)9-22-15-11-4-1-2-5-12(11)19-14(20-15)13-6-3-7-21-13/h1-7,10H,8-9H2. The van der Waals surface area contributed by atoms with E-state index in [0.717, 1.165) is 28.1 Å². The lowest BCUT2D eigenvalue weighted by molar-refractivity contribution is 0.577. The second kappa shape index (κ2) is 5.44. The average Bonchev–Trinajstić information content (AvgIpc) is 2.93. The molecule has 1 aromatic carbocycles. The fraction of sp³-hybridized carbons (Fsp3) is 0.250. The predicted molar refractivity (Wildman–Crippen MR) is 90.5 cm³/mol. The summed E-state index contributed by atoms with van der Waals surface area (Å²) in [6.45, 7) is 0. The number of fused-ring (bicyclic) bond motifs is 1. The Morgan fingerprint density at radius 2 is 2.00 bits per heavy atom. The summed E-state index contributed by atoms with van der Waals surface area (Å²) in [4.78, 5) is 9.24. The van der Waals surface area contributed by atoms with E-state index in [0.29, 0.717) is 17.5 Å². The Hall–Kier alpha value is -1.23. The van der Waals surface area contributed by atoms with Crippen molar-refractivity contribution in [1.82, 2.24) is 9.97 Å². The van der Waals surface area contributed by atoms with Gasteiger partial charge >= 0.3 is 0 Å². The highest BCUT2D eigenvalue weighted by Crippen LogP contribution is 2.55. The second-order valence-corrected chi connectivity index (χ2v) is 7.87. The lowest BCUT2D eigenvalue weighted by Crippen LogP contribution is -1.96. The molecular formula is C16H12Cl2N2OS. The number of para-hydroxylation sites is 1. The molecule has 0 spiro atoms. The number of aromatic nitrogens is 2. The zero-order chi connectivity index (χ0) is 15.2. The van der Waals surface area contributed by atoms with Crippen molar-refractivity contribution < 1.29 is 4.42 Å². The van der Waals surface area contributed by atoms with E-state index < -0.39 is 4.33 Å². The van der Waals surface area contributed by atoms with Gasteiger partial charge in [-0.25, -0.2) is 9.97 Å². The van der Waals surface area contributed by atoms with Gasteiger partial charge in [-0.15, -0.1) is 35.0 Å². The third kappa shape index (κ3) is 2.71. The van der Waals surface area contributed by atoms with E-state index >= 15 is 0 Å². The van der Waals surface area contributed by atoms with Crippen LogP contribution in [0.1, 0.15) is 6.42 Å². The van der Waals surface area contributed by atoms with E-state index in [1.165, 1.54) is 0 Å². The quantitative estimate of drug-likeness (QED) is 0.369. The second-order valence-electron chi connectivity index (χ2n) is 5.32. The molecule has 1 fully saturated rings. The van der Waals surface area contributed by atoms with E-state index in [1.54, 1.807) is 18.0 Å². The number of thioether (sulfide) groups is 1. The Labute approximate surface area is 142 Å². The van der Waals surface area contributed by atoms with Crippen LogP contribution in [0.5, 0.6) is 0 Å². The number of alkyl halides is 2. The molecule has 0 bridgehead atoms. The van der Waals surface area contributed by atoms with Gasteiger partial charge in [0.25, 0.3) is 0 Å². The van der Waals surface area contributed by atoms with Crippen molar-refractivity contribution in [3.8, 4) is 11.6 Å². The molecule has 1 aliphatic rings. The molecule has 0 amide bonds. The Balaban J connectivity index is 1.71. The first kappa shape index (κ1) is 14.4. The van der Waals surface area contributed by atoms with E-state index in [2.05, 4.69) is 9.97 Å². The summed E-state index contributed by atoms with van der Waals surface area (Å²) in [5, 5.41) is 1.98. The number of benzene rings is 1. The SMILES string of the molecule is ClC1(Cl)CC1CSc1nc(-c2ccco2)nc2ccccc12. The zero-order valence-corrected chi connectivity index (χ0v) is 13.8. The van der Waals surface area contributed by atoms with Gasteiger partial charge in [0.2, 0.25) is 0 Å². The van der Waals surface area contributed by atoms with Gasteiger partial charge in [-0.1, -0.05) is 18.2 Å². The van der Waals surface area contributed by atoms with Crippen LogP contribution in [-0.2, 0) is 0 Å². The van der Waals surface area contributed by atoms with Crippen molar-refractivity contribution in [2.75, 3.05) is 5.75 Å². The summed E-state index contributed by atoms with van der Waals surface area (Å²) < 4.78 is 4.86. The van der Waals surface area contributed by atoms with Crippen LogP contribution < -0.4 is 0 Å². The zero-order valence-electron chi connectivity index (χ0n) is 11.5. The molecule has 2 heterocycles. The third-order valence-electron chi connectivity index (χ3n) is 3.69. The minimum atomic E-state index is -0.556. The summed E-state index contributed by atoms with van der Waals surface area (Å²) in [5.41, 5.74) is 0.908. The van der Waals surface area contributed by atoms with Gasteiger partial charge < -0.3 is 4.42 Å². The number of hydrogen-bond donors (Lipinski definition) is 0. The van der Waals surface area contributed by atoms with Crippen LogP contribution in [0.3, 0.4) is 0 Å². The molecule has 112 valence electrons. The maximum Gasteiger partial charge on any atom is 0.197 e. The molecule has 3 nitrogen and oxygen atoms in total. The molecule has 1 aliphatic carbocycles. The van der Waals surface area contributed by atoms with Crippen molar-refractivity contribution in [2.24, 2.45) is 5.92 Å². The Morgan fingerprint density at radius 1 is 1.18 bits per heavy atom. The largest absolute Gasteiger partial charge is 0.461 e. The van der Waals surface area contributed by atoms with Crippen LogP contribution in [0, 0.1) is 5.92 Å². The summed E-state index contributed by atoms with van der Waals surface area (Å²) >= 11 is 13.9. The van der Waals surface area contributed by atoms with Crippen LogP contribution in [-0.4, -0.2) is 20.1 Å². The molecule has 1 unspecified atom stereocenters. The maximum atomic E-state index is 6.11. The molecule has 6 heteroatoms. The van der Waals surface area contributed by atoms with Gasteiger partial charge in [0.15, 0.2) is 11.6 Å². The summed E-state index contributed by atoms with van der Waals surface area (Å²) in [7, 11) is 0. The van der Waals surface area contributed by atoms with Gasteiger partial charge in [-0.2, -0.15) is 0 Å². The van der Waals surface area contributed by atoms with Crippen molar-refractivity contribution in [3.05, 3.63) is 42.7 Å². The molecule has 1 atom stereocenters. The fourth-order valence-corrected chi connectivity index (χ4v) is 4.25. The Kier molecular flexibility index (Phi) is 3.56. The van der Waals surface area contributed by atoms with Gasteiger partial charge in [0.05, 0.1) is 11.8 Å². The van der Waals surface area contributed by atoms with E-state index in [1.807, 2.05) is 36.4 Å². The summed E-state index contributed by atoms with van der Waals surface area (Å²) in [5.74, 6) is 2.45. The van der Waals surface area contributed by atoms with Gasteiger partial charge in [0, 0.05) is 17.1 Å². The maximum absolute atomic E-state index is 6.11. The molecule has 22 heavy (non-hydrogen) atoms. The highest BCUT2D eigenvalue weighted by Gasteiger charge is 2.51. The van der Waals surface area contributed by atoms with Crippen LogP contribution in [0.15, 0.2) is 52.1 Å². The monoisotopic (exact) mass is 350 g/mol. The molecule has 0 radical (unpaired) electrons. The third-order valence-corrected chi connectivity index (χ3v) is 5.77. The van der Waals surface area contributed by atoms with Gasteiger partial charge in [-0.05, 0) is 24.6 Å². The summed E-state index contributed by atoms with van der Waals surface area (Å²) in [6, 6.07) is 11.7. The lowest BCUT2D eigenvalue weighted by atomic mass is 10.2. The van der Waals surface area contributed by atoms with Crippen molar-refractivity contribution >= 4 is 45.9 Å². The molecule has 0 saturated heterocycles. The minimum absolute atomic E-state index is 0.321. The molecule has 1 saturated carbocycles. The Bertz CT molecular complexity index is 820. The van der Waals surface area contributed by atoms with Crippen LogP contribution in [0.25, 0.3) is 22.5 Å². The smallest absolute Gasteiger partial charge is 0.197 e. The van der Waals surface area contributed by atoms with Gasteiger partial charge in [0.1, 0.15) is 9.36 Å². The molecular weight excluding hydrogens is 339 g/mol. The predicted octanol–water partition coefficient (Wildman–Crippen LogP) is 5.18. The normalized spacial score (nSPS) is 19.5. The van der Waals surface area contributed by atoms with E-state index in [4.69, 9.17) is 27.6 Å². The first-order chi connectivity index (χ1) is 10.6. The number of halogens is 2. The van der Waals surface area contributed by atoms with E-state index in [9.17, 15) is 0 Å². The molecule has 3 aromatic rings. The van der Waals surface area contributed by atoms with Crippen molar-refractivity contribution in [1.29, 1.82) is 0 Å². The van der Waals surface area contributed by atoms with Crippen LogP contribution in [0.2, 0.25) is 0 Å². The lowest BCUT2D eigenvalue weighted by Gasteiger charge is -2.07. The highest BCUT2D eigenvalue weighted by atomic mass is 35.5. The molecule has 0 aliphatic heterocycles. The topological polar surface area (TPSA) is 38.9 Å². The molecule has 4 rings (SSSR count). The number of hydrogen-bond acceptors (Lipinski definition) is 4. The van der Waals surface area contributed by atoms with E-state index in [-0.39, 0.29) is 0 Å². The first-order valence-electron chi connectivity index (χ1n) is 6.95. The molecule has 2 aromatic heterocycles. The minimum Gasteiger partial charge on any atom is -0.461 e. The average molecular weight is 351 g/mol. The highest BCUT2D eigenvalue weighted by molar-refractivity contribution is 7.99. The number of rotatable bonds is 4. The number of furan rings is 1. The van der Waals surface area contributed by atoms with Crippen LogP contribution >= 0.6 is 35.0 Å². The molecule has 0 N–H and O–H groups in total. The number of nitrogens with zero attached hydrogens (tertiary/aromatic N) is 2. The fourth-order valence-electron chi connectivity index (χ4n) is 2.30. The van der Waals surface area contributed by atoms with Gasteiger partial charge in [-0.3, -0.25) is 0 Å². The Morgan fingerprint density at radius 3 is 2.73 bits per heavy atom.